The first-order valence-electron chi connectivity index (χ1n) is 12.4. The molecular weight excluding hydrogens is 452 g/mol. The van der Waals surface area contributed by atoms with Crippen molar-refractivity contribution in [3.8, 4) is 0 Å². The third kappa shape index (κ3) is 6.12. The Hall–Kier alpha value is -2.54. The summed E-state index contributed by atoms with van der Waals surface area (Å²) in [4.78, 5) is 27.3. The number of hydrogen-bond donors (Lipinski definition) is 1. The van der Waals surface area contributed by atoms with Crippen LogP contribution in [-0.2, 0) is 6.42 Å². The Bertz CT molecular complexity index is 978. The lowest BCUT2D eigenvalue weighted by atomic mass is 9.73. The van der Waals surface area contributed by atoms with Crippen molar-refractivity contribution in [2.24, 2.45) is 5.41 Å². The summed E-state index contributed by atoms with van der Waals surface area (Å²) in [6.07, 6.45) is 9.34. The van der Waals surface area contributed by atoms with Gasteiger partial charge in [0.05, 0.1) is 0 Å². The van der Waals surface area contributed by atoms with Gasteiger partial charge in [0.1, 0.15) is 0 Å². The van der Waals surface area contributed by atoms with Crippen LogP contribution in [0.4, 0.5) is 10.5 Å². The average molecular weight is 489 g/mol. The number of piperidine rings is 1. The van der Waals surface area contributed by atoms with Crippen LogP contribution in [0.1, 0.15) is 75.3 Å². The largest absolute Gasteiger partial charge is 0.476 e. The van der Waals surface area contributed by atoms with E-state index in [-0.39, 0.29) is 11.7 Å². The summed E-state index contributed by atoms with van der Waals surface area (Å²) in [6.45, 7) is 10.4. The van der Waals surface area contributed by atoms with Crippen LogP contribution in [0, 0.1) is 5.41 Å². The number of aromatic carboxylic acids is 1. The highest BCUT2D eigenvalue weighted by molar-refractivity contribution is 6.30. The molecule has 34 heavy (non-hydrogen) atoms. The number of amides is 1. The van der Waals surface area contributed by atoms with E-state index in [1.807, 2.05) is 6.07 Å². The van der Waals surface area contributed by atoms with Crippen molar-refractivity contribution >= 4 is 29.3 Å². The maximum Gasteiger partial charge on any atom is 0.356 e. The predicted octanol–water partition coefficient (Wildman–Crippen LogP) is 5.95. The van der Waals surface area contributed by atoms with Crippen molar-refractivity contribution in [1.29, 1.82) is 0 Å². The van der Waals surface area contributed by atoms with Crippen LogP contribution < -0.4 is 4.90 Å². The number of carbonyl (C=O) groups excluding carboxylic acids is 1. The summed E-state index contributed by atoms with van der Waals surface area (Å²) in [5.41, 5.74) is 3.00. The van der Waals surface area contributed by atoms with E-state index in [4.69, 9.17) is 16.7 Å². The van der Waals surface area contributed by atoms with Gasteiger partial charge in [-0.1, -0.05) is 45.2 Å². The molecule has 1 aromatic carbocycles. The summed E-state index contributed by atoms with van der Waals surface area (Å²) < 4.78 is 1.13. The topological polar surface area (TPSA) is 78.7 Å². The quantitative estimate of drug-likeness (QED) is 0.543. The molecule has 0 unspecified atom stereocenters. The van der Waals surface area contributed by atoms with Gasteiger partial charge in [-0.15, -0.1) is 0 Å². The van der Waals surface area contributed by atoms with Gasteiger partial charge >= 0.3 is 12.0 Å². The monoisotopic (exact) mass is 488 g/mol. The van der Waals surface area contributed by atoms with E-state index >= 15 is 0 Å². The van der Waals surface area contributed by atoms with Crippen molar-refractivity contribution in [2.75, 3.05) is 31.1 Å². The van der Waals surface area contributed by atoms with Crippen LogP contribution in [0.2, 0.25) is 5.02 Å². The minimum absolute atomic E-state index is 0.103. The fourth-order valence-corrected chi connectivity index (χ4v) is 5.07. The summed E-state index contributed by atoms with van der Waals surface area (Å²) in [6, 6.07) is 7.31. The number of carboxylic acids is 1. The number of carbonyl (C=O) groups is 2. The van der Waals surface area contributed by atoms with Crippen LogP contribution in [0.5, 0.6) is 0 Å². The second-order valence-corrected chi connectivity index (χ2v) is 9.73. The number of aryl methyl sites for hydroxylation is 1. The first kappa shape index (κ1) is 26.1. The number of anilines is 1. The third-order valence-corrected chi connectivity index (χ3v) is 7.48. The molecule has 2 aliphatic rings. The molecule has 2 fully saturated rings. The van der Waals surface area contributed by atoms with Crippen LogP contribution in [0.3, 0.4) is 0 Å². The van der Waals surface area contributed by atoms with Crippen molar-refractivity contribution in [3.05, 3.63) is 46.7 Å². The molecule has 1 amide bonds. The standard InChI is InChI=1S/C15H23N3O3.C11H14ClN/c1-3-6-15(4-2)7-10-17(11-8-15)14(21)18-9-5-12(16-18)13(19)20;1-2-9-8-10(12)4-5-11(9)13-6-3-7-13/h5,9H,3-4,6-8,10-11H2,1-2H3,(H,19,20);4-5,8H,2-3,6-7H2,1H3. The van der Waals surface area contributed by atoms with E-state index in [2.05, 4.69) is 42.9 Å². The highest BCUT2D eigenvalue weighted by Crippen LogP contribution is 2.39. The minimum Gasteiger partial charge on any atom is -0.476 e. The van der Waals surface area contributed by atoms with Crippen molar-refractivity contribution in [1.82, 2.24) is 14.7 Å². The summed E-state index contributed by atoms with van der Waals surface area (Å²) >= 11 is 5.94. The van der Waals surface area contributed by atoms with E-state index in [9.17, 15) is 9.59 Å². The van der Waals surface area contributed by atoms with E-state index in [1.165, 1.54) is 55.9 Å². The lowest BCUT2D eigenvalue weighted by Crippen LogP contribution is -2.44. The van der Waals surface area contributed by atoms with Crippen LogP contribution in [0.25, 0.3) is 0 Å². The lowest BCUT2D eigenvalue weighted by molar-refractivity contribution is 0.0689. The molecular formula is C26H37ClN4O3. The minimum atomic E-state index is -1.12. The molecule has 2 saturated heterocycles. The zero-order valence-corrected chi connectivity index (χ0v) is 21.4. The fraction of sp³-hybridized carbons (Fsp3) is 0.577. The SMILES string of the molecule is CCCC1(CC)CCN(C(=O)n2ccc(C(=O)O)n2)CC1.CCc1cc(Cl)ccc1N1CCC1. The second kappa shape index (κ2) is 11.7. The predicted molar refractivity (Wildman–Crippen MR) is 136 cm³/mol. The van der Waals surface area contributed by atoms with Crippen LogP contribution >= 0.6 is 11.6 Å². The molecule has 0 bridgehead atoms. The van der Waals surface area contributed by atoms with Crippen molar-refractivity contribution in [2.45, 2.75) is 65.7 Å². The highest BCUT2D eigenvalue weighted by Gasteiger charge is 2.34. The summed E-state index contributed by atoms with van der Waals surface area (Å²) in [7, 11) is 0. The van der Waals surface area contributed by atoms with E-state index in [1.54, 1.807) is 4.90 Å². The molecule has 0 radical (unpaired) electrons. The number of rotatable bonds is 6. The number of nitrogens with zero attached hydrogens (tertiary/aromatic N) is 4. The number of hydrogen-bond acceptors (Lipinski definition) is 4. The summed E-state index contributed by atoms with van der Waals surface area (Å²) in [5.74, 6) is -1.12. The van der Waals surface area contributed by atoms with Crippen LogP contribution in [-0.4, -0.2) is 58.0 Å². The molecule has 1 N–H and O–H groups in total. The maximum atomic E-state index is 12.3. The van der Waals surface area contributed by atoms with E-state index in [0.717, 1.165) is 48.5 Å². The third-order valence-electron chi connectivity index (χ3n) is 7.25. The number of aromatic nitrogens is 2. The van der Waals surface area contributed by atoms with E-state index < -0.39 is 5.97 Å². The van der Waals surface area contributed by atoms with Gasteiger partial charge in [-0.3, -0.25) is 0 Å². The van der Waals surface area contributed by atoms with Gasteiger partial charge in [-0.2, -0.15) is 9.78 Å². The Labute approximate surface area is 207 Å². The Kier molecular flexibility index (Phi) is 9.00. The Morgan fingerprint density at radius 1 is 1.09 bits per heavy atom. The van der Waals surface area contributed by atoms with Crippen LogP contribution in [0.15, 0.2) is 30.5 Å². The molecule has 2 aliphatic heterocycles. The molecule has 0 spiro atoms. The van der Waals surface area contributed by atoms with Gasteiger partial charge in [0.15, 0.2) is 5.69 Å². The van der Waals surface area contributed by atoms with Gasteiger partial charge in [-0.05, 0) is 67.3 Å². The Morgan fingerprint density at radius 3 is 2.29 bits per heavy atom. The van der Waals surface area contributed by atoms with E-state index in [0.29, 0.717) is 5.41 Å². The van der Waals surface area contributed by atoms with Crippen molar-refractivity contribution < 1.29 is 14.7 Å². The maximum absolute atomic E-state index is 12.3. The van der Waals surface area contributed by atoms with Gasteiger partial charge in [0.2, 0.25) is 0 Å². The van der Waals surface area contributed by atoms with Gasteiger partial charge in [0, 0.05) is 43.1 Å². The molecule has 8 heteroatoms. The number of likely N-dealkylation sites (tertiary alicyclic amines) is 1. The lowest BCUT2D eigenvalue weighted by Gasteiger charge is -2.41. The molecule has 7 nitrogen and oxygen atoms in total. The molecule has 1 aromatic heterocycles. The Morgan fingerprint density at radius 2 is 1.79 bits per heavy atom. The zero-order valence-electron chi connectivity index (χ0n) is 20.6. The molecule has 2 aromatic rings. The number of halogens is 1. The zero-order chi connectivity index (χ0) is 24.7. The molecule has 3 heterocycles. The molecule has 186 valence electrons. The van der Waals surface area contributed by atoms with Gasteiger partial charge in [-0.25, -0.2) is 9.59 Å². The number of carboxylic acid groups (broad SMARTS) is 1. The number of benzene rings is 1. The van der Waals surface area contributed by atoms with Gasteiger partial charge < -0.3 is 14.9 Å². The van der Waals surface area contributed by atoms with Crippen molar-refractivity contribution in [3.63, 3.8) is 0 Å². The van der Waals surface area contributed by atoms with Gasteiger partial charge in [0.25, 0.3) is 0 Å². The average Bonchev–Trinajstić information content (AvgIpc) is 3.30. The Balaban J connectivity index is 0.000000212. The molecule has 0 atom stereocenters. The molecule has 0 saturated carbocycles. The second-order valence-electron chi connectivity index (χ2n) is 9.29. The molecule has 4 rings (SSSR count). The summed E-state index contributed by atoms with van der Waals surface area (Å²) in [5, 5.41) is 13.5. The fourth-order valence-electron chi connectivity index (χ4n) is 4.88. The molecule has 0 aliphatic carbocycles. The smallest absolute Gasteiger partial charge is 0.356 e. The normalized spacial score (nSPS) is 16.9. The first-order chi connectivity index (χ1) is 16.3. The first-order valence-corrected chi connectivity index (χ1v) is 12.8. The highest BCUT2D eigenvalue weighted by atomic mass is 35.5.